The lowest BCUT2D eigenvalue weighted by Crippen LogP contribution is -2.14. The predicted octanol–water partition coefficient (Wildman–Crippen LogP) is 3.87. The second-order valence-electron chi connectivity index (χ2n) is 5.54. The van der Waals surface area contributed by atoms with Gasteiger partial charge in [-0.15, -0.1) is 0 Å². The molecule has 0 atom stereocenters. The summed E-state index contributed by atoms with van der Waals surface area (Å²) in [6, 6.07) is 16.8. The molecule has 2 heterocycles. The zero-order valence-electron chi connectivity index (χ0n) is 13.4. The maximum absolute atomic E-state index is 12.7. The van der Waals surface area contributed by atoms with E-state index in [9.17, 15) is 8.42 Å². The molecule has 4 rings (SSSR count). The molecule has 8 heteroatoms. The van der Waals surface area contributed by atoms with Crippen LogP contribution < -0.4 is 4.72 Å². The summed E-state index contributed by atoms with van der Waals surface area (Å²) in [5.41, 5.74) is 2.26. The maximum Gasteiger partial charge on any atom is 0.261 e. The van der Waals surface area contributed by atoms with Crippen molar-refractivity contribution in [2.75, 3.05) is 4.72 Å². The molecule has 0 aliphatic rings. The highest BCUT2D eigenvalue weighted by molar-refractivity contribution is 7.92. The molecule has 0 spiro atoms. The monoisotopic (exact) mass is 384 g/mol. The Kier molecular flexibility index (Phi) is 4.10. The van der Waals surface area contributed by atoms with Gasteiger partial charge < -0.3 is 0 Å². The van der Waals surface area contributed by atoms with Gasteiger partial charge in [-0.2, -0.15) is 0 Å². The lowest BCUT2D eigenvalue weighted by atomic mass is 10.2. The molecule has 1 N–H and O–H groups in total. The van der Waals surface area contributed by atoms with Crippen LogP contribution in [-0.4, -0.2) is 23.0 Å². The van der Waals surface area contributed by atoms with Gasteiger partial charge in [0.25, 0.3) is 10.0 Å². The van der Waals surface area contributed by atoms with Gasteiger partial charge in [-0.3, -0.25) is 9.29 Å². The second kappa shape index (κ2) is 6.44. The molecule has 0 aliphatic carbocycles. The molecular weight excluding hydrogens is 372 g/mol. The van der Waals surface area contributed by atoms with Crippen LogP contribution in [-0.2, 0) is 10.0 Å². The number of hydrogen-bond donors (Lipinski definition) is 1. The number of fused-ring (bicyclic) bond motifs is 1. The summed E-state index contributed by atoms with van der Waals surface area (Å²) in [7, 11) is -3.74. The third-order valence-electron chi connectivity index (χ3n) is 3.84. The summed E-state index contributed by atoms with van der Waals surface area (Å²) in [6.45, 7) is 0. The fraction of sp³-hybridized carbons (Fsp3) is 0. The van der Waals surface area contributed by atoms with Crippen LogP contribution in [0.3, 0.4) is 0 Å². The van der Waals surface area contributed by atoms with Crippen molar-refractivity contribution < 1.29 is 8.42 Å². The number of benzene rings is 2. The van der Waals surface area contributed by atoms with E-state index in [0.29, 0.717) is 22.0 Å². The molecular formula is C18H13ClN4O2S. The topological polar surface area (TPSA) is 76.9 Å². The highest BCUT2D eigenvalue weighted by Gasteiger charge is 2.17. The van der Waals surface area contributed by atoms with Gasteiger partial charge in [0, 0.05) is 11.2 Å². The van der Waals surface area contributed by atoms with Gasteiger partial charge in [-0.25, -0.2) is 18.4 Å². The number of nitrogens with zero attached hydrogens (tertiary/aromatic N) is 3. The fourth-order valence-corrected chi connectivity index (χ4v) is 3.90. The van der Waals surface area contributed by atoms with Crippen LogP contribution in [0.2, 0.25) is 5.02 Å². The number of anilines is 1. The van der Waals surface area contributed by atoms with E-state index in [1.54, 1.807) is 59.6 Å². The smallest absolute Gasteiger partial charge is 0.261 e. The summed E-state index contributed by atoms with van der Waals surface area (Å²) in [5.74, 6) is 0. The predicted molar refractivity (Wildman–Crippen MR) is 101 cm³/mol. The van der Waals surface area contributed by atoms with E-state index < -0.39 is 10.0 Å². The Morgan fingerprint density at radius 1 is 0.962 bits per heavy atom. The van der Waals surface area contributed by atoms with E-state index in [1.807, 2.05) is 6.07 Å². The molecule has 2 aromatic heterocycles. The molecule has 2 aromatic carbocycles. The van der Waals surface area contributed by atoms with E-state index in [2.05, 4.69) is 14.7 Å². The third-order valence-corrected chi connectivity index (χ3v) is 5.45. The summed E-state index contributed by atoms with van der Waals surface area (Å²) in [4.78, 5) is 8.63. The zero-order chi connectivity index (χ0) is 18.1. The molecule has 0 unspecified atom stereocenters. The lowest BCUT2D eigenvalue weighted by molar-refractivity contribution is 0.601. The highest BCUT2D eigenvalue weighted by atomic mass is 35.5. The highest BCUT2D eigenvalue weighted by Crippen LogP contribution is 2.29. The normalized spacial score (nSPS) is 11.6. The van der Waals surface area contributed by atoms with Crippen LogP contribution in [0.15, 0.2) is 78.1 Å². The standard InChI is InChI=1S/C18H13ClN4O2S/c19-13-8-9-15(22-26(24,25)14-5-2-1-3-6-14)17(11-13)23-12-21-18-16(23)7-4-10-20-18/h1-12,22H. The minimum Gasteiger partial charge on any atom is -0.295 e. The summed E-state index contributed by atoms with van der Waals surface area (Å²) < 4.78 is 29.8. The Morgan fingerprint density at radius 3 is 2.58 bits per heavy atom. The van der Waals surface area contributed by atoms with Gasteiger partial charge in [-0.1, -0.05) is 29.8 Å². The number of imidazole rings is 1. The number of rotatable bonds is 4. The number of hydrogen-bond acceptors (Lipinski definition) is 4. The van der Waals surface area contributed by atoms with E-state index in [4.69, 9.17) is 11.6 Å². The molecule has 26 heavy (non-hydrogen) atoms. The minimum absolute atomic E-state index is 0.179. The Balaban J connectivity index is 1.84. The van der Waals surface area contributed by atoms with Crippen molar-refractivity contribution in [3.63, 3.8) is 0 Å². The maximum atomic E-state index is 12.7. The first kappa shape index (κ1) is 16.6. The van der Waals surface area contributed by atoms with Crippen LogP contribution in [0.4, 0.5) is 5.69 Å². The summed E-state index contributed by atoms with van der Waals surface area (Å²) in [6.07, 6.45) is 3.24. The van der Waals surface area contributed by atoms with Crippen LogP contribution in [0.25, 0.3) is 16.9 Å². The van der Waals surface area contributed by atoms with Gasteiger partial charge in [0.1, 0.15) is 6.33 Å². The Bertz CT molecular complexity index is 1190. The number of halogens is 1. The number of sulfonamides is 1. The van der Waals surface area contributed by atoms with Crippen molar-refractivity contribution in [1.82, 2.24) is 14.5 Å². The van der Waals surface area contributed by atoms with Gasteiger partial charge in [0.15, 0.2) is 5.65 Å². The fourth-order valence-electron chi connectivity index (χ4n) is 2.64. The van der Waals surface area contributed by atoms with Crippen molar-refractivity contribution in [2.45, 2.75) is 4.90 Å². The SMILES string of the molecule is O=S(=O)(Nc1ccc(Cl)cc1-n1cnc2ncccc21)c1ccccc1. The first-order valence-corrected chi connectivity index (χ1v) is 9.56. The summed E-state index contributed by atoms with van der Waals surface area (Å²) >= 11 is 6.15. The van der Waals surface area contributed by atoms with Crippen molar-refractivity contribution >= 4 is 38.5 Å². The number of nitrogens with one attached hydrogen (secondary N) is 1. The molecule has 6 nitrogen and oxygen atoms in total. The van der Waals surface area contributed by atoms with Crippen molar-refractivity contribution in [1.29, 1.82) is 0 Å². The largest absolute Gasteiger partial charge is 0.295 e. The van der Waals surface area contributed by atoms with E-state index in [1.165, 1.54) is 12.1 Å². The molecule has 0 saturated carbocycles. The minimum atomic E-state index is -3.74. The van der Waals surface area contributed by atoms with E-state index in [0.717, 1.165) is 5.52 Å². The molecule has 0 saturated heterocycles. The third kappa shape index (κ3) is 3.02. The molecule has 0 bridgehead atoms. The Morgan fingerprint density at radius 2 is 1.77 bits per heavy atom. The number of aromatic nitrogens is 3. The molecule has 0 aliphatic heterocycles. The zero-order valence-corrected chi connectivity index (χ0v) is 14.9. The average molecular weight is 385 g/mol. The first-order valence-electron chi connectivity index (χ1n) is 7.70. The molecule has 4 aromatic rings. The first-order chi connectivity index (χ1) is 12.5. The molecule has 130 valence electrons. The molecule has 0 radical (unpaired) electrons. The quantitative estimate of drug-likeness (QED) is 0.579. The van der Waals surface area contributed by atoms with Crippen molar-refractivity contribution in [3.05, 3.63) is 78.2 Å². The summed E-state index contributed by atoms with van der Waals surface area (Å²) in [5, 5.41) is 0.480. The van der Waals surface area contributed by atoms with Gasteiger partial charge in [-0.05, 0) is 42.5 Å². The van der Waals surface area contributed by atoms with Gasteiger partial charge in [0.2, 0.25) is 0 Å². The molecule has 0 fully saturated rings. The van der Waals surface area contributed by atoms with E-state index in [-0.39, 0.29) is 4.90 Å². The van der Waals surface area contributed by atoms with Crippen LogP contribution in [0.1, 0.15) is 0 Å². The Labute approximate surface area is 155 Å². The second-order valence-corrected chi connectivity index (χ2v) is 7.66. The number of pyridine rings is 1. The van der Waals surface area contributed by atoms with Gasteiger partial charge >= 0.3 is 0 Å². The van der Waals surface area contributed by atoms with Crippen LogP contribution >= 0.6 is 11.6 Å². The van der Waals surface area contributed by atoms with Crippen LogP contribution in [0.5, 0.6) is 0 Å². The van der Waals surface area contributed by atoms with Crippen molar-refractivity contribution in [2.24, 2.45) is 0 Å². The Hall–Kier alpha value is -2.90. The lowest BCUT2D eigenvalue weighted by Gasteiger charge is -2.14. The van der Waals surface area contributed by atoms with Crippen molar-refractivity contribution in [3.8, 4) is 5.69 Å². The molecule has 0 amide bonds. The van der Waals surface area contributed by atoms with Crippen LogP contribution in [0, 0.1) is 0 Å². The average Bonchev–Trinajstić information content (AvgIpc) is 3.08. The van der Waals surface area contributed by atoms with E-state index >= 15 is 0 Å². The van der Waals surface area contributed by atoms with Gasteiger partial charge in [0.05, 0.1) is 21.8 Å².